The van der Waals surface area contributed by atoms with Crippen LogP contribution in [0.25, 0.3) is 0 Å². The topological polar surface area (TPSA) is 0 Å². The summed E-state index contributed by atoms with van der Waals surface area (Å²) in [5, 5.41) is 0. The van der Waals surface area contributed by atoms with Crippen LogP contribution in [0.15, 0.2) is 0 Å². The molecular formula is H12Al4Zr5. The Balaban J connectivity index is 0. The van der Waals surface area contributed by atoms with E-state index >= 15 is 0 Å². The molecule has 0 fully saturated rings. The minimum Gasteiger partial charge on any atom is 0 e. The molecule has 0 aromatic carbocycles. The first kappa shape index (κ1) is 76.8. The van der Waals surface area contributed by atoms with Crippen molar-refractivity contribution in [3.05, 3.63) is 0 Å². The molecule has 0 saturated heterocycles. The van der Waals surface area contributed by atoms with Gasteiger partial charge in [0.05, 0.1) is 0 Å². The van der Waals surface area contributed by atoms with Gasteiger partial charge in [0.15, 0.2) is 69.4 Å². The molecule has 0 aromatic rings. The maximum Gasteiger partial charge on any atom is 0.187 e. The molecule has 0 aliphatic heterocycles. The van der Waals surface area contributed by atoms with E-state index in [9.17, 15) is 0 Å². The second-order valence-electron chi connectivity index (χ2n) is 0. The van der Waals surface area contributed by atoms with Crippen LogP contribution in [0.2, 0.25) is 0 Å². The molecule has 0 aliphatic rings. The van der Waals surface area contributed by atoms with Gasteiger partial charge in [0.1, 0.15) is 0 Å². The average Bonchev–Trinajstić information content (AvgIpc) is 0. The van der Waals surface area contributed by atoms with Gasteiger partial charge >= 0.3 is 0 Å². The van der Waals surface area contributed by atoms with Crippen LogP contribution in [0.5, 0.6) is 0 Å². The van der Waals surface area contributed by atoms with Crippen molar-refractivity contribution in [3.8, 4) is 0 Å². The van der Waals surface area contributed by atoms with Gasteiger partial charge in [-0.05, 0) is 0 Å². The molecule has 0 aliphatic carbocycles. The summed E-state index contributed by atoms with van der Waals surface area (Å²) in [4.78, 5) is 0. The fourth-order valence-corrected chi connectivity index (χ4v) is 0. The largest absolute Gasteiger partial charge is 0.187 e. The Morgan fingerprint density at radius 2 is 0.222 bits per heavy atom. The molecule has 44 valence electrons. The maximum absolute atomic E-state index is 0. The predicted molar refractivity (Wildman–Crippen MR) is 39.8 cm³/mol. The van der Waals surface area contributed by atoms with E-state index in [-0.39, 0.29) is 200 Å². The minimum atomic E-state index is 0. The van der Waals surface area contributed by atoms with Gasteiger partial charge in [0.25, 0.3) is 0 Å². The molecule has 0 radical (unpaired) electrons. The van der Waals surface area contributed by atoms with Crippen LogP contribution < -0.4 is 0 Å². The van der Waals surface area contributed by atoms with Gasteiger partial charge in [0, 0.05) is 131 Å². The summed E-state index contributed by atoms with van der Waals surface area (Å²) in [7, 11) is 0. The number of hydrogen-bond donors (Lipinski definition) is 0. The molecular weight excluding hydrogens is 564 g/mol. The van der Waals surface area contributed by atoms with E-state index in [4.69, 9.17) is 0 Å². The third kappa shape index (κ3) is 53.4. The second kappa shape index (κ2) is 62.3. The standard InChI is InChI=1S/4Al.5Zr.12H. The van der Waals surface area contributed by atoms with Crippen LogP contribution in [-0.4, -0.2) is 69.4 Å². The van der Waals surface area contributed by atoms with Crippen LogP contribution in [0.4, 0.5) is 0 Å². The quantitative estimate of drug-likeness (QED) is 0.255. The van der Waals surface area contributed by atoms with E-state index in [0.29, 0.717) is 0 Å². The van der Waals surface area contributed by atoms with E-state index in [0.717, 1.165) is 0 Å². The molecule has 0 saturated carbocycles. The van der Waals surface area contributed by atoms with Crippen LogP contribution >= 0.6 is 0 Å². The van der Waals surface area contributed by atoms with Crippen molar-refractivity contribution in [2.24, 2.45) is 0 Å². The molecule has 0 bridgehead atoms. The van der Waals surface area contributed by atoms with Crippen molar-refractivity contribution in [1.29, 1.82) is 0 Å². The molecule has 0 nitrogen and oxygen atoms in total. The summed E-state index contributed by atoms with van der Waals surface area (Å²) in [6, 6.07) is 0. The minimum absolute atomic E-state index is 0. The zero-order chi connectivity index (χ0) is 0. The van der Waals surface area contributed by atoms with Crippen molar-refractivity contribution in [1.82, 2.24) is 0 Å². The Morgan fingerprint density at radius 1 is 0.222 bits per heavy atom. The van der Waals surface area contributed by atoms with E-state index in [1.807, 2.05) is 0 Å². The van der Waals surface area contributed by atoms with E-state index in [2.05, 4.69) is 0 Å². The summed E-state index contributed by atoms with van der Waals surface area (Å²) >= 11 is 0. The Morgan fingerprint density at radius 3 is 0.222 bits per heavy atom. The molecule has 0 unspecified atom stereocenters. The monoisotopic (exact) mass is 570 g/mol. The fraction of sp³-hybridized carbons (Fsp3) is 0. The third-order valence-electron chi connectivity index (χ3n) is 0. The molecule has 9 heteroatoms. The molecule has 0 N–H and O–H groups in total. The SMILES string of the molecule is [AlH3].[AlH3].[AlH3].[AlH3].[Zr].[Zr].[Zr].[Zr].[Zr]. The summed E-state index contributed by atoms with van der Waals surface area (Å²) in [6.07, 6.45) is 0. The van der Waals surface area contributed by atoms with Crippen molar-refractivity contribution >= 4 is 69.4 Å². The molecule has 9 heavy (non-hydrogen) atoms. The summed E-state index contributed by atoms with van der Waals surface area (Å²) in [5.41, 5.74) is 0. The van der Waals surface area contributed by atoms with E-state index in [1.165, 1.54) is 0 Å². The van der Waals surface area contributed by atoms with Gasteiger partial charge in [-0.25, -0.2) is 0 Å². The third-order valence-corrected chi connectivity index (χ3v) is 0. The zero-order valence-corrected chi connectivity index (χ0v) is 14.8. The number of hydrogen-bond acceptors (Lipinski definition) is 0. The Labute approximate surface area is 195 Å². The fourth-order valence-electron chi connectivity index (χ4n) is 0. The average molecular weight is 576 g/mol. The molecule has 0 atom stereocenters. The first-order chi connectivity index (χ1) is 0. The normalized spacial score (nSPS) is 0. The smallest absolute Gasteiger partial charge is 0 e. The van der Waals surface area contributed by atoms with Gasteiger partial charge in [-0.15, -0.1) is 0 Å². The molecule has 0 heterocycles. The maximum atomic E-state index is 0. The first-order valence-corrected chi connectivity index (χ1v) is 0. The summed E-state index contributed by atoms with van der Waals surface area (Å²) in [5.74, 6) is 0. The van der Waals surface area contributed by atoms with Crippen molar-refractivity contribution in [3.63, 3.8) is 0 Å². The van der Waals surface area contributed by atoms with Gasteiger partial charge in [-0.1, -0.05) is 0 Å². The van der Waals surface area contributed by atoms with E-state index < -0.39 is 0 Å². The predicted octanol–water partition coefficient (Wildman–Crippen LogP) is -4.75. The van der Waals surface area contributed by atoms with Crippen LogP contribution in [-0.2, 0) is 131 Å². The van der Waals surface area contributed by atoms with Crippen molar-refractivity contribution in [2.45, 2.75) is 0 Å². The Hall–Kier alpha value is 6.55. The summed E-state index contributed by atoms with van der Waals surface area (Å²) in [6.45, 7) is 0. The first-order valence-electron chi connectivity index (χ1n) is 0. The van der Waals surface area contributed by atoms with Crippen molar-refractivity contribution < 1.29 is 131 Å². The van der Waals surface area contributed by atoms with Gasteiger partial charge in [0.2, 0.25) is 0 Å². The Bertz CT molecular complexity index is 8.92. The Kier molecular flexibility index (Phi) is 531. The number of rotatable bonds is 0. The van der Waals surface area contributed by atoms with Crippen molar-refractivity contribution in [2.75, 3.05) is 0 Å². The molecule has 0 spiro atoms. The van der Waals surface area contributed by atoms with Gasteiger partial charge in [-0.3, -0.25) is 0 Å². The van der Waals surface area contributed by atoms with Gasteiger partial charge < -0.3 is 0 Å². The molecule has 0 aromatic heterocycles. The second-order valence-corrected chi connectivity index (χ2v) is 0. The zero-order valence-electron chi connectivity index (χ0n) is 2.50. The van der Waals surface area contributed by atoms with Crippen LogP contribution in [0.1, 0.15) is 0 Å². The van der Waals surface area contributed by atoms with Crippen LogP contribution in [0, 0.1) is 0 Å². The van der Waals surface area contributed by atoms with E-state index in [1.54, 1.807) is 0 Å². The molecule has 0 rings (SSSR count). The van der Waals surface area contributed by atoms with Crippen LogP contribution in [0.3, 0.4) is 0 Å². The summed E-state index contributed by atoms with van der Waals surface area (Å²) < 4.78 is 0. The molecule has 0 amide bonds. The van der Waals surface area contributed by atoms with Gasteiger partial charge in [-0.2, -0.15) is 0 Å².